The third-order valence-electron chi connectivity index (χ3n) is 3.49. The Morgan fingerprint density at radius 1 is 1.30 bits per heavy atom. The van der Waals surface area contributed by atoms with Gasteiger partial charge in [0.1, 0.15) is 6.04 Å². The van der Waals surface area contributed by atoms with E-state index in [0.29, 0.717) is 0 Å². The fourth-order valence-electron chi connectivity index (χ4n) is 2.36. The van der Waals surface area contributed by atoms with Crippen molar-refractivity contribution in [1.82, 2.24) is 4.90 Å². The van der Waals surface area contributed by atoms with Gasteiger partial charge < -0.3 is 4.74 Å². The van der Waals surface area contributed by atoms with Crippen LogP contribution >= 0.6 is 0 Å². The number of hydrogen-bond acceptors (Lipinski definition) is 3. The SMILES string of the molecule is CC.COC(=O)C1CC=CC(Cc2ccccc2)N1C. The molecule has 2 rings (SSSR count). The predicted molar refractivity (Wildman–Crippen MR) is 82.6 cm³/mol. The molecular weight excluding hydrogens is 250 g/mol. The lowest BCUT2D eigenvalue weighted by Gasteiger charge is -2.34. The molecule has 0 aromatic heterocycles. The number of likely N-dealkylation sites (N-methyl/N-ethyl adjacent to an activating group) is 1. The van der Waals surface area contributed by atoms with Gasteiger partial charge in [-0.1, -0.05) is 56.3 Å². The van der Waals surface area contributed by atoms with E-state index in [2.05, 4.69) is 29.2 Å². The largest absolute Gasteiger partial charge is 0.468 e. The second-order valence-corrected chi connectivity index (χ2v) is 4.63. The minimum absolute atomic E-state index is 0.153. The molecule has 0 spiro atoms. The summed E-state index contributed by atoms with van der Waals surface area (Å²) in [5, 5.41) is 0. The molecule has 0 saturated heterocycles. The molecule has 2 unspecified atom stereocenters. The molecule has 0 radical (unpaired) electrons. The summed E-state index contributed by atoms with van der Waals surface area (Å²) in [5.41, 5.74) is 1.28. The summed E-state index contributed by atoms with van der Waals surface area (Å²) in [6.07, 6.45) is 5.90. The number of carbonyl (C=O) groups excluding carboxylic acids is 1. The third kappa shape index (κ3) is 4.20. The maximum Gasteiger partial charge on any atom is 0.323 e. The van der Waals surface area contributed by atoms with E-state index in [1.807, 2.05) is 39.1 Å². The summed E-state index contributed by atoms with van der Waals surface area (Å²) in [6.45, 7) is 4.00. The van der Waals surface area contributed by atoms with E-state index in [4.69, 9.17) is 4.74 Å². The van der Waals surface area contributed by atoms with Crippen LogP contribution in [-0.4, -0.2) is 37.1 Å². The highest BCUT2D eigenvalue weighted by Gasteiger charge is 2.29. The molecule has 2 atom stereocenters. The van der Waals surface area contributed by atoms with Crippen molar-refractivity contribution in [1.29, 1.82) is 0 Å². The number of nitrogens with zero attached hydrogens (tertiary/aromatic N) is 1. The number of methoxy groups -OCH3 is 1. The van der Waals surface area contributed by atoms with E-state index in [9.17, 15) is 4.79 Å². The monoisotopic (exact) mass is 275 g/mol. The van der Waals surface area contributed by atoms with Crippen molar-refractivity contribution in [2.75, 3.05) is 14.2 Å². The Labute approximate surface area is 122 Å². The Morgan fingerprint density at radius 2 is 1.95 bits per heavy atom. The molecule has 1 aromatic rings. The van der Waals surface area contributed by atoms with Crippen LogP contribution in [0.1, 0.15) is 25.8 Å². The number of esters is 1. The van der Waals surface area contributed by atoms with E-state index in [0.717, 1.165) is 12.8 Å². The van der Waals surface area contributed by atoms with Gasteiger partial charge in [0.25, 0.3) is 0 Å². The third-order valence-corrected chi connectivity index (χ3v) is 3.49. The maximum absolute atomic E-state index is 11.7. The van der Waals surface area contributed by atoms with Crippen LogP contribution in [0.3, 0.4) is 0 Å². The number of hydrogen-bond donors (Lipinski definition) is 0. The van der Waals surface area contributed by atoms with Crippen LogP contribution < -0.4 is 0 Å². The molecule has 0 saturated carbocycles. The molecule has 20 heavy (non-hydrogen) atoms. The first-order valence-electron chi connectivity index (χ1n) is 7.22. The normalized spacial score (nSPS) is 21.8. The lowest BCUT2D eigenvalue weighted by molar-refractivity contribution is -0.147. The highest BCUT2D eigenvalue weighted by Crippen LogP contribution is 2.19. The Kier molecular flexibility index (Phi) is 7.02. The molecule has 1 aliphatic rings. The summed E-state index contributed by atoms with van der Waals surface area (Å²) in [7, 11) is 3.43. The van der Waals surface area contributed by atoms with Gasteiger partial charge in [0.05, 0.1) is 7.11 Å². The zero-order chi connectivity index (χ0) is 15.0. The fourth-order valence-corrected chi connectivity index (χ4v) is 2.36. The van der Waals surface area contributed by atoms with Crippen LogP contribution in [0.25, 0.3) is 0 Å². The van der Waals surface area contributed by atoms with Crippen molar-refractivity contribution < 1.29 is 9.53 Å². The van der Waals surface area contributed by atoms with Gasteiger partial charge in [-0.2, -0.15) is 0 Å². The molecule has 0 aliphatic carbocycles. The Morgan fingerprint density at radius 3 is 2.55 bits per heavy atom. The second kappa shape index (κ2) is 8.54. The smallest absolute Gasteiger partial charge is 0.323 e. The average molecular weight is 275 g/mol. The molecule has 0 N–H and O–H groups in total. The minimum atomic E-state index is -0.159. The van der Waals surface area contributed by atoms with Crippen molar-refractivity contribution >= 4 is 5.97 Å². The molecule has 0 bridgehead atoms. The van der Waals surface area contributed by atoms with Gasteiger partial charge in [-0.05, 0) is 25.5 Å². The highest BCUT2D eigenvalue weighted by atomic mass is 16.5. The molecule has 1 aromatic carbocycles. The van der Waals surface area contributed by atoms with Gasteiger partial charge in [-0.3, -0.25) is 9.69 Å². The Balaban J connectivity index is 0.000000956. The van der Waals surface area contributed by atoms with Crippen LogP contribution in [0, 0.1) is 0 Å². The van der Waals surface area contributed by atoms with Crippen LogP contribution in [0.15, 0.2) is 42.5 Å². The first kappa shape index (κ1) is 16.4. The van der Waals surface area contributed by atoms with E-state index in [1.54, 1.807) is 0 Å². The number of rotatable bonds is 3. The van der Waals surface area contributed by atoms with Gasteiger partial charge >= 0.3 is 5.97 Å². The van der Waals surface area contributed by atoms with E-state index < -0.39 is 0 Å². The standard InChI is InChI=1S/C15H19NO2.C2H6/c1-16-13(11-12-7-4-3-5-8-12)9-6-10-14(16)15(17)18-2;1-2/h3-9,13-14H,10-11H2,1-2H3;1-2H3. The quantitative estimate of drug-likeness (QED) is 0.627. The Hall–Kier alpha value is -1.61. The average Bonchev–Trinajstić information content (AvgIpc) is 2.52. The van der Waals surface area contributed by atoms with Gasteiger partial charge in [0, 0.05) is 6.04 Å². The minimum Gasteiger partial charge on any atom is -0.468 e. The molecule has 1 aliphatic heterocycles. The van der Waals surface area contributed by atoms with Crippen LogP contribution in [-0.2, 0) is 16.0 Å². The van der Waals surface area contributed by atoms with E-state index in [1.165, 1.54) is 12.7 Å². The number of benzene rings is 1. The first-order chi connectivity index (χ1) is 9.72. The highest BCUT2D eigenvalue weighted by molar-refractivity contribution is 5.76. The molecule has 110 valence electrons. The molecule has 3 nitrogen and oxygen atoms in total. The second-order valence-electron chi connectivity index (χ2n) is 4.63. The molecule has 0 fully saturated rings. The van der Waals surface area contributed by atoms with Gasteiger partial charge in [-0.25, -0.2) is 0 Å². The first-order valence-corrected chi connectivity index (χ1v) is 7.22. The van der Waals surface area contributed by atoms with Crippen LogP contribution in [0.5, 0.6) is 0 Å². The van der Waals surface area contributed by atoms with E-state index >= 15 is 0 Å². The van der Waals surface area contributed by atoms with Gasteiger partial charge in [0.2, 0.25) is 0 Å². The topological polar surface area (TPSA) is 29.5 Å². The zero-order valence-corrected chi connectivity index (χ0v) is 12.9. The summed E-state index contributed by atoms with van der Waals surface area (Å²) in [6, 6.07) is 10.4. The number of carbonyl (C=O) groups is 1. The molecular formula is C17H25NO2. The number of ether oxygens (including phenoxy) is 1. The van der Waals surface area contributed by atoms with Crippen molar-refractivity contribution in [3.8, 4) is 0 Å². The van der Waals surface area contributed by atoms with Crippen molar-refractivity contribution in [2.45, 2.75) is 38.8 Å². The zero-order valence-electron chi connectivity index (χ0n) is 12.9. The summed E-state index contributed by atoms with van der Waals surface area (Å²) in [5.74, 6) is -0.153. The van der Waals surface area contributed by atoms with Crippen LogP contribution in [0.2, 0.25) is 0 Å². The van der Waals surface area contributed by atoms with Crippen LogP contribution in [0.4, 0.5) is 0 Å². The van der Waals surface area contributed by atoms with E-state index in [-0.39, 0.29) is 18.1 Å². The summed E-state index contributed by atoms with van der Waals surface area (Å²) < 4.78 is 4.84. The van der Waals surface area contributed by atoms with Crippen molar-refractivity contribution in [3.05, 3.63) is 48.0 Å². The maximum atomic E-state index is 11.7. The van der Waals surface area contributed by atoms with Crippen molar-refractivity contribution in [2.24, 2.45) is 0 Å². The summed E-state index contributed by atoms with van der Waals surface area (Å²) in [4.78, 5) is 13.8. The van der Waals surface area contributed by atoms with Gasteiger partial charge in [0.15, 0.2) is 0 Å². The van der Waals surface area contributed by atoms with Crippen molar-refractivity contribution in [3.63, 3.8) is 0 Å². The summed E-state index contributed by atoms with van der Waals surface area (Å²) >= 11 is 0. The molecule has 0 amide bonds. The molecule has 1 heterocycles. The Bertz CT molecular complexity index is 428. The van der Waals surface area contributed by atoms with Gasteiger partial charge in [-0.15, -0.1) is 0 Å². The molecule has 3 heteroatoms. The fraction of sp³-hybridized carbons (Fsp3) is 0.471. The lowest BCUT2D eigenvalue weighted by Crippen LogP contribution is -2.47. The predicted octanol–water partition coefficient (Wildman–Crippen LogP) is 3.06. The lowest BCUT2D eigenvalue weighted by atomic mass is 9.97.